The van der Waals surface area contributed by atoms with Crippen molar-refractivity contribution < 1.29 is 13.2 Å². The van der Waals surface area contributed by atoms with Gasteiger partial charge in [-0.1, -0.05) is 37.3 Å². The zero-order chi connectivity index (χ0) is 18.0. The fourth-order valence-electron chi connectivity index (χ4n) is 1.89. The van der Waals surface area contributed by atoms with E-state index >= 15 is 0 Å². The zero-order valence-corrected chi connectivity index (χ0v) is 16.0. The third-order valence-electron chi connectivity index (χ3n) is 3.47. The van der Waals surface area contributed by atoms with E-state index in [0.717, 1.165) is 17.4 Å². The van der Waals surface area contributed by atoms with Crippen LogP contribution in [-0.4, -0.2) is 38.4 Å². The maximum atomic E-state index is 12.3. The molecule has 0 bridgehead atoms. The molecule has 2 atom stereocenters. The minimum Gasteiger partial charge on any atom is -0.352 e. The van der Waals surface area contributed by atoms with E-state index in [4.69, 9.17) is 0 Å². The van der Waals surface area contributed by atoms with Gasteiger partial charge in [0.1, 0.15) is 6.04 Å². The second-order valence-electron chi connectivity index (χ2n) is 5.53. The summed E-state index contributed by atoms with van der Waals surface area (Å²) < 4.78 is 27.0. The second-order valence-corrected chi connectivity index (χ2v) is 8.11. The average Bonchev–Trinajstić information content (AvgIpc) is 2.57. The standard InChI is InChI=1S/C17H26N2O3S2/c1-4-14(2)18-17(20)16(10-12-23-3)19-24(21,22)13-11-15-8-6-5-7-9-15/h5-9,11,13-14,16,19H,4,10,12H2,1-3H3,(H,18,20)/b13-11+. The molecule has 7 heteroatoms. The summed E-state index contributed by atoms with van der Waals surface area (Å²) in [6.07, 6.45) is 4.68. The number of sulfonamides is 1. The Kier molecular flexibility index (Phi) is 9.10. The molecular weight excluding hydrogens is 344 g/mol. The van der Waals surface area contributed by atoms with Crippen LogP contribution in [0.3, 0.4) is 0 Å². The van der Waals surface area contributed by atoms with Crippen LogP contribution in [0.4, 0.5) is 0 Å². The quantitative estimate of drug-likeness (QED) is 0.664. The molecule has 2 unspecified atom stereocenters. The minimum absolute atomic E-state index is 0.0126. The summed E-state index contributed by atoms with van der Waals surface area (Å²) in [5.41, 5.74) is 0.785. The first-order valence-corrected chi connectivity index (χ1v) is 10.9. The molecule has 0 heterocycles. The first-order valence-electron chi connectivity index (χ1n) is 7.92. The Balaban J connectivity index is 2.79. The summed E-state index contributed by atoms with van der Waals surface area (Å²) in [5.74, 6) is 0.416. The first kappa shape index (κ1) is 20.7. The summed E-state index contributed by atoms with van der Waals surface area (Å²) in [6, 6.07) is 8.40. The van der Waals surface area contributed by atoms with E-state index in [0.29, 0.717) is 12.2 Å². The molecular formula is C17H26N2O3S2. The Bertz CT molecular complexity index is 630. The highest BCUT2D eigenvalue weighted by Gasteiger charge is 2.23. The van der Waals surface area contributed by atoms with E-state index in [1.165, 1.54) is 6.08 Å². The van der Waals surface area contributed by atoms with Gasteiger partial charge in [0.25, 0.3) is 0 Å². The maximum absolute atomic E-state index is 12.3. The molecule has 5 nitrogen and oxygen atoms in total. The first-order chi connectivity index (χ1) is 11.4. The van der Waals surface area contributed by atoms with Crippen molar-refractivity contribution >= 4 is 33.8 Å². The van der Waals surface area contributed by atoms with E-state index in [9.17, 15) is 13.2 Å². The van der Waals surface area contributed by atoms with Gasteiger partial charge in [0.2, 0.25) is 15.9 Å². The maximum Gasteiger partial charge on any atom is 0.238 e. The second kappa shape index (κ2) is 10.5. The van der Waals surface area contributed by atoms with Crippen LogP contribution in [0.25, 0.3) is 6.08 Å². The third kappa shape index (κ3) is 7.99. The number of carbonyl (C=O) groups excluding carboxylic acids is 1. The highest BCUT2D eigenvalue weighted by molar-refractivity contribution is 7.98. The van der Waals surface area contributed by atoms with Crippen LogP contribution < -0.4 is 10.0 Å². The van der Waals surface area contributed by atoms with Crippen LogP contribution in [-0.2, 0) is 14.8 Å². The lowest BCUT2D eigenvalue weighted by Crippen LogP contribution is -2.48. The van der Waals surface area contributed by atoms with Gasteiger partial charge in [0, 0.05) is 11.4 Å². The summed E-state index contributed by atoms with van der Waals surface area (Å²) in [4.78, 5) is 12.3. The van der Waals surface area contributed by atoms with Gasteiger partial charge < -0.3 is 5.32 Å². The molecule has 0 fully saturated rings. The topological polar surface area (TPSA) is 75.3 Å². The number of carbonyl (C=O) groups is 1. The predicted molar refractivity (Wildman–Crippen MR) is 102 cm³/mol. The molecule has 0 saturated carbocycles. The molecule has 1 aromatic carbocycles. The number of nitrogens with one attached hydrogen (secondary N) is 2. The molecule has 24 heavy (non-hydrogen) atoms. The molecule has 2 N–H and O–H groups in total. The predicted octanol–water partition coefficient (Wildman–Crippen LogP) is 2.61. The number of hydrogen-bond acceptors (Lipinski definition) is 4. The smallest absolute Gasteiger partial charge is 0.238 e. The van der Waals surface area contributed by atoms with Crippen LogP contribution >= 0.6 is 11.8 Å². The van der Waals surface area contributed by atoms with Crippen molar-refractivity contribution in [3.05, 3.63) is 41.3 Å². The molecule has 0 saturated heterocycles. The van der Waals surface area contributed by atoms with Gasteiger partial charge in [-0.05, 0) is 43.4 Å². The zero-order valence-electron chi connectivity index (χ0n) is 14.4. The van der Waals surface area contributed by atoms with Gasteiger partial charge >= 0.3 is 0 Å². The minimum atomic E-state index is -3.70. The summed E-state index contributed by atoms with van der Waals surface area (Å²) in [5, 5.41) is 3.94. The largest absolute Gasteiger partial charge is 0.352 e. The SMILES string of the molecule is CCC(C)NC(=O)C(CCSC)NS(=O)(=O)/C=C/c1ccccc1. The lowest BCUT2D eigenvalue weighted by Gasteiger charge is -2.19. The van der Waals surface area contributed by atoms with Crippen molar-refractivity contribution in [2.45, 2.75) is 38.8 Å². The van der Waals surface area contributed by atoms with Gasteiger partial charge in [-0.15, -0.1) is 0 Å². The summed E-state index contributed by atoms with van der Waals surface area (Å²) in [6.45, 7) is 3.86. The van der Waals surface area contributed by atoms with E-state index in [-0.39, 0.29) is 11.9 Å². The van der Waals surface area contributed by atoms with Gasteiger partial charge in [0.05, 0.1) is 0 Å². The van der Waals surface area contributed by atoms with Crippen molar-refractivity contribution in [1.29, 1.82) is 0 Å². The Morgan fingerprint density at radius 3 is 2.54 bits per heavy atom. The van der Waals surface area contributed by atoms with Crippen LogP contribution in [0, 0.1) is 0 Å². The molecule has 0 radical (unpaired) electrons. The number of rotatable bonds is 10. The number of amides is 1. The Labute approximate surface area is 149 Å². The van der Waals surface area contributed by atoms with Crippen LogP contribution in [0.1, 0.15) is 32.3 Å². The number of benzene rings is 1. The molecule has 1 rings (SSSR count). The van der Waals surface area contributed by atoms with Crippen molar-refractivity contribution in [1.82, 2.24) is 10.0 Å². The average molecular weight is 371 g/mol. The Hall–Kier alpha value is -1.31. The van der Waals surface area contributed by atoms with Crippen molar-refractivity contribution in [2.75, 3.05) is 12.0 Å². The molecule has 0 aromatic heterocycles. The molecule has 0 spiro atoms. The highest BCUT2D eigenvalue weighted by atomic mass is 32.2. The third-order valence-corrected chi connectivity index (χ3v) is 5.23. The monoisotopic (exact) mass is 370 g/mol. The normalized spacial score (nSPS) is 14.5. The van der Waals surface area contributed by atoms with E-state index in [1.54, 1.807) is 11.8 Å². The molecule has 1 aromatic rings. The van der Waals surface area contributed by atoms with Crippen LogP contribution in [0.5, 0.6) is 0 Å². The van der Waals surface area contributed by atoms with E-state index in [2.05, 4.69) is 10.0 Å². The molecule has 0 aliphatic rings. The Morgan fingerprint density at radius 2 is 1.96 bits per heavy atom. The van der Waals surface area contributed by atoms with Crippen molar-refractivity contribution in [3.8, 4) is 0 Å². The van der Waals surface area contributed by atoms with Crippen LogP contribution in [0.15, 0.2) is 35.7 Å². The van der Waals surface area contributed by atoms with Gasteiger partial charge in [-0.2, -0.15) is 16.5 Å². The Morgan fingerprint density at radius 1 is 1.29 bits per heavy atom. The molecule has 0 aliphatic heterocycles. The summed E-state index contributed by atoms with van der Waals surface area (Å²) >= 11 is 1.58. The van der Waals surface area contributed by atoms with E-state index in [1.807, 2.05) is 50.4 Å². The number of thioether (sulfide) groups is 1. The fraction of sp³-hybridized carbons (Fsp3) is 0.471. The summed E-state index contributed by atoms with van der Waals surface area (Å²) in [7, 11) is -3.70. The van der Waals surface area contributed by atoms with Crippen molar-refractivity contribution in [3.63, 3.8) is 0 Å². The van der Waals surface area contributed by atoms with Gasteiger partial charge in [-0.3, -0.25) is 4.79 Å². The van der Waals surface area contributed by atoms with Gasteiger partial charge in [0.15, 0.2) is 0 Å². The lowest BCUT2D eigenvalue weighted by molar-refractivity contribution is -0.123. The molecule has 1 amide bonds. The van der Waals surface area contributed by atoms with Crippen LogP contribution in [0.2, 0.25) is 0 Å². The highest BCUT2D eigenvalue weighted by Crippen LogP contribution is 2.07. The lowest BCUT2D eigenvalue weighted by atomic mass is 10.2. The molecule has 134 valence electrons. The fourth-order valence-corrected chi connectivity index (χ4v) is 3.40. The van der Waals surface area contributed by atoms with Crippen molar-refractivity contribution in [2.24, 2.45) is 0 Å². The van der Waals surface area contributed by atoms with Gasteiger partial charge in [-0.25, -0.2) is 8.42 Å². The van der Waals surface area contributed by atoms with E-state index < -0.39 is 16.1 Å². The number of hydrogen-bond donors (Lipinski definition) is 2. The molecule has 0 aliphatic carbocycles.